The van der Waals surface area contributed by atoms with Crippen LogP contribution < -0.4 is 4.72 Å². The Morgan fingerprint density at radius 1 is 1.10 bits per heavy atom. The molecule has 0 unspecified atom stereocenters. The van der Waals surface area contributed by atoms with Crippen LogP contribution in [0.25, 0.3) is 11.1 Å². The first-order valence-electron chi connectivity index (χ1n) is 13.7. The molecule has 2 aliphatic rings. The van der Waals surface area contributed by atoms with Gasteiger partial charge in [-0.3, -0.25) is 24.2 Å². The standard InChI is InChI=1S/C30H34N4O5S/c1-4-5-12-27-31-30(15-8-9-16-30)29(36)34(27)18-22-13-14-24(23(17-22)19-35)25-10-6-7-11-26(25)40(37,38)33-28-20(2)21(3)39-32-28/h6-7,10-11,13-14,17,19H,4-5,8-9,12,15-16,18H2,1-3H3,(H,32,33). The van der Waals surface area contributed by atoms with Crippen molar-refractivity contribution >= 4 is 33.9 Å². The predicted molar refractivity (Wildman–Crippen MR) is 153 cm³/mol. The maximum atomic E-state index is 13.5. The lowest BCUT2D eigenvalue weighted by molar-refractivity contribution is -0.131. The monoisotopic (exact) mass is 562 g/mol. The van der Waals surface area contributed by atoms with Gasteiger partial charge in [0.15, 0.2) is 12.1 Å². The SMILES string of the molecule is CCCCC1=NC2(CCCC2)C(=O)N1Cc1ccc(-c2ccccc2S(=O)(=O)Nc2noc(C)c2C)c(C=O)c1. The molecule has 10 heteroatoms. The summed E-state index contributed by atoms with van der Waals surface area (Å²) in [4.78, 5) is 32.5. The maximum Gasteiger partial charge on any atom is 0.263 e. The van der Waals surface area contributed by atoms with Crippen molar-refractivity contribution in [1.29, 1.82) is 0 Å². The van der Waals surface area contributed by atoms with E-state index in [0.29, 0.717) is 34.6 Å². The van der Waals surface area contributed by atoms with Crippen LogP contribution in [0.5, 0.6) is 0 Å². The Balaban J connectivity index is 1.46. The van der Waals surface area contributed by atoms with Gasteiger partial charge in [0.25, 0.3) is 15.9 Å². The van der Waals surface area contributed by atoms with E-state index in [4.69, 9.17) is 9.52 Å². The number of nitrogens with one attached hydrogen (secondary N) is 1. The topological polar surface area (TPSA) is 122 Å². The van der Waals surface area contributed by atoms with Gasteiger partial charge in [0.1, 0.15) is 17.1 Å². The van der Waals surface area contributed by atoms with E-state index < -0.39 is 15.6 Å². The molecule has 3 aromatic rings. The van der Waals surface area contributed by atoms with Crippen molar-refractivity contribution < 1.29 is 22.5 Å². The van der Waals surface area contributed by atoms with Gasteiger partial charge in [-0.1, -0.05) is 61.7 Å². The number of hydrogen-bond donors (Lipinski definition) is 1. The predicted octanol–water partition coefficient (Wildman–Crippen LogP) is 5.82. The van der Waals surface area contributed by atoms with E-state index in [0.717, 1.165) is 62.6 Å². The van der Waals surface area contributed by atoms with Gasteiger partial charge < -0.3 is 4.52 Å². The molecule has 210 valence electrons. The molecule has 0 atom stereocenters. The Morgan fingerprint density at radius 3 is 2.52 bits per heavy atom. The minimum Gasteiger partial charge on any atom is -0.359 e. The largest absolute Gasteiger partial charge is 0.359 e. The van der Waals surface area contributed by atoms with Gasteiger partial charge in [0.2, 0.25) is 0 Å². The highest BCUT2D eigenvalue weighted by Crippen LogP contribution is 2.40. The average molecular weight is 563 g/mol. The van der Waals surface area contributed by atoms with Crippen LogP contribution in [0.15, 0.2) is 56.9 Å². The molecule has 5 rings (SSSR count). The number of unbranched alkanes of at least 4 members (excludes halogenated alkanes) is 1. The van der Waals surface area contributed by atoms with E-state index in [9.17, 15) is 18.0 Å². The Bertz CT molecular complexity index is 1590. The molecule has 2 heterocycles. The highest BCUT2D eigenvalue weighted by molar-refractivity contribution is 7.92. The number of carbonyl (C=O) groups is 2. The molecule has 1 aliphatic carbocycles. The van der Waals surface area contributed by atoms with Gasteiger partial charge in [0, 0.05) is 23.1 Å². The number of aldehydes is 1. The van der Waals surface area contributed by atoms with Crippen LogP contribution in [0.3, 0.4) is 0 Å². The highest BCUT2D eigenvalue weighted by atomic mass is 32.2. The van der Waals surface area contributed by atoms with E-state index in [2.05, 4.69) is 16.8 Å². The maximum absolute atomic E-state index is 13.5. The first-order valence-corrected chi connectivity index (χ1v) is 15.2. The van der Waals surface area contributed by atoms with Crippen molar-refractivity contribution in [3.05, 3.63) is 64.9 Å². The third-order valence-corrected chi connectivity index (χ3v) is 9.32. The van der Waals surface area contributed by atoms with Gasteiger partial charge in [-0.15, -0.1) is 0 Å². The smallest absolute Gasteiger partial charge is 0.263 e. The van der Waals surface area contributed by atoms with Crippen LogP contribution in [0.2, 0.25) is 0 Å². The average Bonchev–Trinajstić information content (AvgIpc) is 3.63. The lowest BCUT2D eigenvalue weighted by atomic mass is 9.96. The Labute approximate surface area is 234 Å². The van der Waals surface area contributed by atoms with Gasteiger partial charge in [-0.05, 0) is 56.4 Å². The summed E-state index contributed by atoms with van der Waals surface area (Å²) in [6.45, 7) is 5.85. The van der Waals surface area contributed by atoms with Gasteiger partial charge in [-0.2, -0.15) is 0 Å². The second-order valence-corrected chi connectivity index (χ2v) is 12.3. The number of aromatic nitrogens is 1. The van der Waals surface area contributed by atoms with Crippen molar-refractivity contribution in [2.45, 2.75) is 82.7 Å². The zero-order valence-electron chi connectivity index (χ0n) is 23.1. The van der Waals surface area contributed by atoms with Crippen molar-refractivity contribution in [2.24, 2.45) is 4.99 Å². The molecule has 1 amide bonds. The van der Waals surface area contributed by atoms with E-state index in [-0.39, 0.29) is 16.6 Å². The summed E-state index contributed by atoms with van der Waals surface area (Å²) >= 11 is 0. The molecule has 1 spiro atoms. The molecule has 0 radical (unpaired) electrons. The number of aliphatic imine (C=N–C) groups is 1. The van der Waals surface area contributed by atoms with E-state index >= 15 is 0 Å². The molecular weight excluding hydrogens is 528 g/mol. The number of amidine groups is 1. The third kappa shape index (κ3) is 5.08. The third-order valence-electron chi connectivity index (χ3n) is 7.92. The first-order chi connectivity index (χ1) is 19.2. The number of benzene rings is 2. The van der Waals surface area contributed by atoms with Gasteiger partial charge >= 0.3 is 0 Å². The van der Waals surface area contributed by atoms with Crippen molar-refractivity contribution in [1.82, 2.24) is 10.1 Å². The molecule has 1 fully saturated rings. The van der Waals surface area contributed by atoms with Crippen LogP contribution in [0, 0.1) is 13.8 Å². The fraction of sp³-hybridized carbons (Fsp3) is 0.400. The number of amides is 1. The van der Waals surface area contributed by atoms with Crippen molar-refractivity contribution in [3.8, 4) is 11.1 Å². The number of rotatable bonds is 10. The lowest BCUT2D eigenvalue weighted by Gasteiger charge is -2.23. The fourth-order valence-electron chi connectivity index (χ4n) is 5.55. The summed E-state index contributed by atoms with van der Waals surface area (Å²) in [5, 5.41) is 3.82. The summed E-state index contributed by atoms with van der Waals surface area (Å²) in [5.41, 5.74) is 1.95. The molecule has 2 aromatic carbocycles. The van der Waals surface area contributed by atoms with E-state index in [1.165, 1.54) is 6.07 Å². The molecule has 9 nitrogen and oxygen atoms in total. The molecule has 0 bridgehead atoms. The first kappa shape index (κ1) is 27.8. The van der Waals surface area contributed by atoms with Crippen LogP contribution in [-0.2, 0) is 21.4 Å². The van der Waals surface area contributed by atoms with Gasteiger partial charge in [0.05, 0.1) is 11.4 Å². The number of sulfonamides is 1. The normalized spacial score (nSPS) is 16.5. The quantitative estimate of drug-likeness (QED) is 0.311. The number of aryl methyl sites for hydroxylation is 1. The van der Waals surface area contributed by atoms with E-state index in [1.54, 1.807) is 49.1 Å². The highest BCUT2D eigenvalue weighted by Gasteiger charge is 2.49. The summed E-state index contributed by atoms with van der Waals surface area (Å²) in [7, 11) is -4.05. The molecule has 0 saturated heterocycles. The molecular formula is C30H34N4O5S. The molecule has 1 aromatic heterocycles. The molecule has 40 heavy (non-hydrogen) atoms. The van der Waals surface area contributed by atoms with Crippen molar-refractivity contribution in [3.63, 3.8) is 0 Å². The Kier molecular flexibility index (Phi) is 7.63. The van der Waals surface area contributed by atoms with Crippen LogP contribution in [0.1, 0.15) is 79.1 Å². The second kappa shape index (κ2) is 11.0. The van der Waals surface area contributed by atoms with Crippen LogP contribution in [0.4, 0.5) is 5.82 Å². The van der Waals surface area contributed by atoms with Gasteiger partial charge in [-0.25, -0.2) is 8.42 Å². The Morgan fingerprint density at radius 2 is 1.85 bits per heavy atom. The summed E-state index contributed by atoms with van der Waals surface area (Å²) in [6, 6.07) is 11.8. The molecule has 1 saturated carbocycles. The minimum atomic E-state index is -4.05. The Hall–Kier alpha value is -3.79. The lowest BCUT2D eigenvalue weighted by Crippen LogP contribution is -2.40. The molecule has 1 N–H and O–H groups in total. The fourth-order valence-corrected chi connectivity index (χ4v) is 6.83. The second-order valence-electron chi connectivity index (χ2n) is 10.6. The summed E-state index contributed by atoms with van der Waals surface area (Å²) in [5.74, 6) is 1.51. The molecule has 1 aliphatic heterocycles. The number of anilines is 1. The zero-order valence-corrected chi connectivity index (χ0v) is 23.9. The summed E-state index contributed by atoms with van der Waals surface area (Å²) in [6.07, 6.45) is 6.98. The number of carbonyl (C=O) groups excluding carboxylic acids is 2. The number of nitrogens with zero attached hydrogens (tertiary/aromatic N) is 3. The summed E-state index contributed by atoms with van der Waals surface area (Å²) < 4.78 is 34.4. The van der Waals surface area contributed by atoms with Crippen molar-refractivity contribution in [2.75, 3.05) is 4.72 Å². The van der Waals surface area contributed by atoms with Crippen LogP contribution in [-0.4, -0.2) is 42.0 Å². The minimum absolute atomic E-state index is 0.0118. The zero-order chi connectivity index (χ0) is 28.5. The van der Waals surface area contributed by atoms with E-state index in [1.807, 2.05) is 6.07 Å². The number of hydrogen-bond acceptors (Lipinski definition) is 7. The van der Waals surface area contributed by atoms with Crippen LogP contribution >= 0.6 is 0 Å².